The van der Waals surface area contributed by atoms with Gasteiger partial charge in [0, 0.05) is 12.7 Å². The summed E-state index contributed by atoms with van der Waals surface area (Å²) in [5.41, 5.74) is 1.69. The molecule has 2 rings (SSSR count). The van der Waals surface area contributed by atoms with Crippen molar-refractivity contribution in [2.24, 2.45) is 0 Å². The molecule has 0 saturated carbocycles. The Morgan fingerprint density at radius 1 is 1.03 bits per heavy atom. The molecule has 0 fully saturated rings. The Bertz CT molecular complexity index is 854. The van der Waals surface area contributed by atoms with Crippen LogP contribution in [0, 0.1) is 5.82 Å². The summed E-state index contributed by atoms with van der Waals surface area (Å²) in [4.78, 5) is 37.1. The predicted octanol–water partition coefficient (Wildman–Crippen LogP) is 2.41. The number of esters is 1. The minimum Gasteiger partial charge on any atom is -0.482 e. The average molecular weight is 402 g/mol. The van der Waals surface area contributed by atoms with E-state index < -0.39 is 30.9 Å². The first-order valence-electron chi connectivity index (χ1n) is 9.04. The van der Waals surface area contributed by atoms with Gasteiger partial charge in [-0.15, -0.1) is 0 Å². The van der Waals surface area contributed by atoms with E-state index in [9.17, 15) is 18.8 Å². The molecule has 7 nitrogen and oxygen atoms in total. The Morgan fingerprint density at radius 3 is 2.41 bits per heavy atom. The summed E-state index contributed by atoms with van der Waals surface area (Å²) in [6.45, 7) is 0.868. The first-order valence-corrected chi connectivity index (χ1v) is 9.04. The summed E-state index contributed by atoms with van der Waals surface area (Å²) in [7, 11) is 1.44. The van der Waals surface area contributed by atoms with Crippen molar-refractivity contribution in [3.05, 3.63) is 59.9 Å². The fraction of sp³-hybridized carbons (Fsp3) is 0.286. The first-order chi connectivity index (χ1) is 13.9. The maximum absolute atomic E-state index is 12.8. The molecule has 0 heterocycles. The lowest BCUT2D eigenvalue weighted by molar-refractivity contribution is -0.153. The van der Waals surface area contributed by atoms with Gasteiger partial charge in [-0.1, -0.05) is 25.1 Å². The summed E-state index contributed by atoms with van der Waals surface area (Å²) < 4.78 is 22.8. The number of carbonyl (C=O) groups is 3. The average Bonchev–Trinajstić information content (AvgIpc) is 2.71. The summed E-state index contributed by atoms with van der Waals surface area (Å²) >= 11 is 0. The van der Waals surface area contributed by atoms with Gasteiger partial charge in [-0.25, -0.2) is 9.18 Å². The number of likely N-dealkylation sites (N-methyl/N-ethyl adjacent to an activating group) is 1. The smallest absolute Gasteiger partial charge is 0.344 e. The van der Waals surface area contributed by atoms with E-state index in [1.165, 1.54) is 31.3 Å². The molecule has 0 bridgehead atoms. The molecular weight excluding hydrogens is 379 g/mol. The lowest BCUT2D eigenvalue weighted by atomic mass is 10.1. The number of carbonyl (C=O) groups excluding carboxylic acids is 3. The Labute approximate surface area is 168 Å². The van der Waals surface area contributed by atoms with Gasteiger partial charge in [-0.3, -0.25) is 9.59 Å². The summed E-state index contributed by atoms with van der Waals surface area (Å²) in [6.07, 6.45) is 0.765. The van der Waals surface area contributed by atoms with Crippen LogP contribution in [0.2, 0.25) is 0 Å². The Morgan fingerprint density at radius 2 is 1.72 bits per heavy atom. The topological polar surface area (TPSA) is 84.9 Å². The van der Waals surface area contributed by atoms with E-state index in [0.29, 0.717) is 11.4 Å². The van der Waals surface area contributed by atoms with E-state index in [0.717, 1.165) is 16.9 Å². The largest absolute Gasteiger partial charge is 0.482 e. The van der Waals surface area contributed by atoms with Crippen LogP contribution in [0.1, 0.15) is 12.5 Å². The molecular formula is C21H23FN2O5. The Hall–Kier alpha value is -3.42. The fourth-order valence-electron chi connectivity index (χ4n) is 2.41. The maximum Gasteiger partial charge on any atom is 0.344 e. The molecule has 0 unspecified atom stereocenters. The monoisotopic (exact) mass is 402 g/mol. The van der Waals surface area contributed by atoms with E-state index in [1.54, 1.807) is 6.07 Å². The number of rotatable bonds is 9. The lowest BCUT2D eigenvalue weighted by Gasteiger charge is -2.17. The summed E-state index contributed by atoms with van der Waals surface area (Å²) in [5.74, 6) is -1.75. The highest BCUT2D eigenvalue weighted by Crippen LogP contribution is 2.15. The van der Waals surface area contributed by atoms with Crippen LogP contribution in [0.3, 0.4) is 0 Å². The number of benzene rings is 2. The zero-order valence-electron chi connectivity index (χ0n) is 16.3. The van der Waals surface area contributed by atoms with Gasteiger partial charge < -0.3 is 19.7 Å². The Kier molecular flexibility index (Phi) is 8.14. The van der Waals surface area contributed by atoms with Crippen LogP contribution in [0.4, 0.5) is 10.1 Å². The van der Waals surface area contributed by atoms with Crippen molar-refractivity contribution < 1.29 is 28.2 Å². The number of ether oxygens (including phenoxy) is 2. The second kappa shape index (κ2) is 10.8. The molecule has 154 valence electrons. The highest BCUT2D eigenvalue weighted by molar-refractivity contribution is 5.95. The van der Waals surface area contributed by atoms with E-state index in [2.05, 4.69) is 5.32 Å². The second-order valence-electron chi connectivity index (χ2n) is 6.21. The number of nitrogens with zero attached hydrogens (tertiary/aromatic N) is 1. The molecule has 0 aliphatic rings. The van der Waals surface area contributed by atoms with E-state index in [4.69, 9.17) is 9.47 Å². The van der Waals surface area contributed by atoms with Crippen molar-refractivity contribution >= 4 is 23.5 Å². The van der Waals surface area contributed by atoms with Gasteiger partial charge in [-0.05, 0) is 42.3 Å². The molecule has 0 spiro atoms. The molecule has 2 amide bonds. The number of anilines is 1. The summed E-state index contributed by atoms with van der Waals surface area (Å²) in [5, 5.41) is 2.77. The molecule has 0 aromatic heterocycles. The number of para-hydroxylation sites is 1. The number of hydrogen-bond acceptors (Lipinski definition) is 5. The SMILES string of the molecule is CCc1ccccc1NC(=O)CN(C)C(=O)COC(=O)COc1ccc(F)cc1. The highest BCUT2D eigenvalue weighted by Gasteiger charge is 2.16. The molecule has 2 aromatic rings. The van der Waals surface area contributed by atoms with Gasteiger partial charge in [0.15, 0.2) is 13.2 Å². The molecule has 0 atom stereocenters. The van der Waals surface area contributed by atoms with E-state index >= 15 is 0 Å². The third-order valence-electron chi connectivity index (χ3n) is 4.01. The lowest BCUT2D eigenvalue weighted by Crippen LogP contribution is -2.37. The minimum absolute atomic E-state index is 0.180. The zero-order valence-corrected chi connectivity index (χ0v) is 16.3. The van der Waals surface area contributed by atoms with Crippen molar-refractivity contribution in [1.29, 1.82) is 0 Å². The van der Waals surface area contributed by atoms with Crippen LogP contribution in [0.5, 0.6) is 5.75 Å². The molecule has 0 aliphatic heterocycles. The van der Waals surface area contributed by atoms with Gasteiger partial charge in [0.05, 0.1) is 6.54 Å². The molecule has 0 saturated heterocycles. The van der Waals surface area contributed by atoms with E-state index in [1.807, 2.05) is 25.1 Å². The number of halogens is 1. The molecule has 0 radical (unpaired) electrons. The van der Waals surface area contributed by atoms with Crippen molar-refractivity contribution in [2.45, 2.75) is 13.3 Å². The third-order valence-corrected chi connectivity index (χ3v) is 4.01. The number of aryl methyl sites for hydroxylation is 1. The van der Waals surface area contributed by atoms with Crippen LogP contribution in [0.15, 0.2) is 48.5 Å². The van der Waals surface area contributed by atoms with Crippen LogP contribution in [-0.2, 0) is 25.5 Å². The Balaban J connectivity index is 1.73. The second-order valence-corrected chi connectivity index (χ2v) is 6.21. The summed E-state index contributed by atoms with van der Waals surface area (Å²) in [6, 6.07) is 12.6. The zero-order chi connectivity index (χ0) is 21.2. The predicted molar refractivity (Wildman–Crippen MR) is 105 cm³/mol. The van der Waals surface area contributed by atoms with Crippen LogP contribution >= 0.6 is 0 Å². The fourth-order valence-corrected chi connectivity index (χ4v) is 2.41. The van der Waals surface area contributed by atoms with Crippen molar-refractivity contribution in [3.63, 3.8) is 0 Å². The maximum atomic E-state index is 12.8. The van der Waals surface area contributed by atoms with Crippen LogP contribution < -0.4 is 10.1 Å². The standard InChI is InChI=1S/C21H23FN2O5/c1-3-15-6-4-5-7-18(15)23-19(25)12-24(2)20(26)13-29-21(27)14-28-17-10-8-16(22)9-11-17/h4-11H,3,12-14H2,1-2H3,(H,23,25). The van der Waals surface area contributed by atoms with Gasteiger partial charge in [-0.2, -0.15) is 0 Å². The molecule has 29 heavy (non-hydrogen) atoms. The van der Waals surface area contributed by atoms with Crippen LogP contribution in [-0.4, -0.2) is 49.5 Å². The number of nitrogens with one attached hydrogen (secondary N) is 1. The van der Waals surface area contributed by atoms with Gasteiger partial charge in [0.25, 0.3) is 5.91 Å². The van der Waals surface area contributed by atoms with Crippen molar-refractivity contribution in [1.82, 2.24) is 4.90 Å². The highest BCUT2D eigenvalue weighted by atomic mass is 19.1. The van der Waals surface area contributed by atoms with Gasteiger partial charge >= 0.3 is 5.97 Å². The first kappa shape index (κ1) is 21.9. The quantitative estimate of drug-likeness (QED) is 0.651. The minimum atomic E-state index is -0.752. The van der Waals surface area contributed by atoms with E-state index in [-0.39, 0.29) is 12.5 Å². The van der Waals surface area contributed by atoms with Gasteiger partial charge in [0.2, 0.25) is 5.91 Å². The molecule has 2 aromatic carbocycles. The normalized spacial score (nSPS) is 10.2. The van der Waals surface area contributed by atoms with Crippen molar-refractivity contribution in [2.75, 3.05) is 32.1 Å². The molecule has 0 aliphatic carbocycles. The van der Waals surface area contributed by atoms with Crippen molar-refractivity contribution in [3.8, 4) is 5.75 Å². The number of amides is 2. The molecule has 8 heteroatoms. The van der Waals surface area contributed by atoms with Crippen LogP contribution in [0.25, 0.3) is 0 Å². The number of hydrogen-bond donors (Lipinski definition) is 1. The third kappa shape index (κ3) is 7.25. The van der Waals surface area contributed by atoms with Gasteiger partial charge in [0.1, 0.15) is 11.6 Å². The molecule has 1 N–H and O–H groups in total.